The van der Waals surface area contributed by atoms with Crippen LogP contribution in [0.2, 0.25) is 0 Å². The van der Waals surface area contributed by atoms with Crippen LogP contribution in [0.4, 0.5) is 0 Å². The molecule has 16 heavy (non-hydrogen) atoms. The van der Waals surface area contributed by atoms with Crippen molar-refractivity contribution in [3.05, 3.63) is 35.4 Å². The lowest BCUT2D eigenvalue weighted by Gasteiger charge is -2.13. The predicted octanol–water partition coefficient (Wildman–Crippen LogP) is 2.94. The summed E-state index contributed by atoms with van der Waals surface area (Å²) in [6.45, 7) is 9.52. The van der Waals surface area contributed by atoms with Crippen molar-refractivity contribution in [1.29, 1.82) is 0 Å². The average molecular weight is 215 g/mol. The minimum atomic E-state index is 0.866. The molecule has 0 saturated carbocycles. The van der Waals surface area contributed by atoms with Gasteiger partial charge >= 0.3 is 0 Å². The van der Waals surface area contributed by atoms with Crippen LogP contribution in [0.25, 0.3) is 0 Å². The summed E-state index contributed by atoms with van der Waals surface area (Å²) in [7, 11) is 0. The first-order chi connectivity index (χ1) is 7.81. The Morgan fingerprint density at radius 2 is 1.75 bits per heavy atom. The third kappa shape index (κ3) is 3.72. The third-order valence-corrected chi connectivity index (χ3v) is 2.82. The molecule has 0 unspecified atom stereocenters. The maximum absolute atomic E-state index is 3.27. The minimum Gasteiger partial charge on any atom is -0.293 e. The average Bonchev–Trinajstić information content (AvgIpc) is 2.35. The molecule has 0 N–H and O–H groups in total. The van der Waals surface area contributed by atoms with E-state index in [1.54, 1.807) is 0 Å². The molecule has 1 aromatic rings. The molecule has 0 aliphatic heterocycles. The topological polar surface area (TPSA) is 3.24 Å². The molecule has 0 heterocycles. The molecule has 0 amide bonds. The highest BCUT2D eigenvalue weighted by atomic mass is 15.1. The first-order valence-electron chi connectivity index (χ1n) is 6.10. The van der Waals surface area contributed by atoms with E-state index in [0.29, 0.717) is 0 Å². The molecule has 1 aromatic carbocycles. The van der Waals surface area contributed by atoms with Crippen molar-refractivity contribution in [2.75, 3.05) is 19.6 Å². The van der Waals surface area contributed by atoms with E-state index in [-0.39, 0.29) is 0 Å². The Labute approximate surface area is 99.5 Å². The number of rotatable bonds is 4. The lowest BCUT2D eigenvalue weighted by molar-refractivity contribution is 0.342. The van der Waals surface area contributed by atoms with Crippen molar-refractivity contribution >= 4 is 0 Å². The molecule has 1 heteroatoms. The van der Waals surface area contributed by atoms with Crippen LogP contribution in [0, 0.1) is 11.8 Å². The van der Waals surface area contributed by atoms with Crippen LogP contribution in [-0.2, 0) is 6.42 Å². The van der Waals surface area contributed by atoms with Gasteiger partial charge in [0.05, 0.1) is 6.54 Å². The maximum atomic E-state index is 3.27. The summed E-state index contributed by atoms with van der Waals surface area (Å²) in [6.07, 6.45) is 1.05. The highest BCUT2D eigenvalue weighted by molar-refractivity contribution is 5.41. The smallest absolute Gasteiger partial charge is 0.0605 e. The van der Waals surface area contributed by atoms with Crippen LogP contribution in [-0.4, -0.2) is 24.5 Å². The Bertz CT molecular complexity index is 367. The molecule has 0 atom stereocenters. The van der Waals surface area contributed by atoms with Crippen LogP contribution in [0.15, 0.2) is 24.3 Å². The first-order valence-corrected chi connectivity index (χ1v) is 6.10. The Kier molecular flexibility index (Phi) is 5.67. The predicted molar refractivity (Wildman–Crippen MR) is 70.5 cm³/mol. The lowest BCUT2D eigenvalue weighted by atomic mass is 10.1. The number of aryl methyl sites for hydroxylation is 1. The molecular formula is C15H21N. The summed E-state index contributed by atoms with van der Waals surface area (Å²) in [6, 6.07) is 8.39. The molecule has 1 rings (SSSR count). The summed E-state index contributed by atoms with van der Waals surface area (Å²) >= 11 is 0. The van der Waals surface area contributed by atoms with E-state index < -0.39 is 0 Å². The van der Waals surface area contributed by atoms with Gasteiger partial charge in [-0.1, -0.05) is 50.8 Å². The molecule has 1 nitrogen and oxygen atoms in total. The fraction of sp³-hybridized carbons (Fsp3) is 0.467. The summed E-state index contributed by atoms with van der Waals surface area (Å²) < 4.78 is 0. The normalized spacial score (nSPS) is 10.0. The summed E-state index contributed by atoms with van der Waals surface area (Å²) in [5.41, 5.74) is 2.52. The molecule has 0 saturated heterocycles. The van der Waals surface area contributed by atoms with E-state index in [4.69, 9.17) is 0 Å². The second-order valence-electron chi connectivity index (χ2n) is 3.77. The highest BCUT2D eigenvalue weighted by Crippen LogP contribution is 2.07. The summed E-state index contributed by atoms with van der Waals surface area (Å²) in [5.74, 6) is 6.53. The van der Waals surface area contributed by atoms with E-state index in [1.807, 2.05) is 0 Å². The molecule has 0 spiro atoms. The van der Waals surface area contributed by atoms with Gasteiger partial charge in [-0.15, -0.1) is 0 Å². The number of benzene rings is 1. The van der Waals surface area contributed by atoms with Gasteiger partial charge in [-0.05, 0) is 31.1 Å². The second-order valence-corrected chi connectivity index (χ2v) is 3.77. The monoisotopic (exact) mass is 215 g/mol. The van der Waals surface area contributed by atoms with Gasteiger partial charge in [-0.2, -0.15) is 0 Å². The third-order valence-electron chi connectivity index (χ3n) is 2.82. The number of nitrogens with zero attached hydrogens (tertiary/aromatic N) is 1. The zero-order valence-corrected chi connectivity index (χ0v) is 10.6. The van der Waals surface area contributed by atoms with Gasteiger partial charge in [0, 0.05) is 5.56 Å². The first kappa shape index (κ1) is 12.8. The van der Waals surface area contributed by atoms with Crippen molar-refractivity contribution in [3.8, 4) is 11.8 Å². The van der Waals surface area contributed by atoms with Gasteiger partial charge in [-0.3, -0.25) is 4.90 Å². The van der Waals surface area contributed by atoms with Crippen molar-refractivity contribution < 1.29 is 0 Å². The maximum Gasteiger partial charge on any atom is 0.0605 e. The van der Waals surface area contributed by atoms with Gasteiger partial charge in [-0.25, -0.2) is 0 Å². The SMILES string of the molecule is CCc1ccccc1C#CCN(CC)CC. The zero-order chi connectivity index (χ0) is 11.8. The Morgan fingerprint density at radius 1 is 1.06 bits per heavy atom. The van der Waals surface area contributed by atoms with Gasteiger partial charge in [0.25, 0.3) is 0 Å². The fourth-order valence-electron chi connectivity index (χ4n) is 1.64. The quantitative estimate of drug-likeness (QED) is 0.698. The molecular weight excluding hydrogens is 194 g/mol. The van der Waals surface area contributed by atoms with E-state index in [2.05, 4.69) is 61.8 Å². The number of hydrogen-bond donors (Lipinski definition) is 0. The molecule has 0 aromatic heterocycles. The fourth-order valence-corrected chi connectivity index (χ4v) is 1.64. The summed E-state index contributed by atoms with van der Waals surface area (Å²) in [4.78, 5) is 2.32. The van der Waals surface area contributed by atoms with Crippen LogP contribution >= 0.6 is 0 Å². The van der Waals surface area contributed by atoms with E-state index >= 15 is 0 Å². The van der Waals surface area contributed by atoms with Crippen LogP contribution < -0.4 is 0 Å². The molecule has 86 valence electrons. The lowest BCUT2D eigenvalue weighted by Crippen LogP contribution is -2.22. The molecule has 0 bridgehead atoms. The Balaban J connectivity index is 2.69. The van der Waals surface area contributed by atoms with Crippen molar-refractivity contribution in [3.63, 3.8) is 0 Å². The Hall–Kier alpha value is -1.26. The van der Waals surface area contributed by atoms with Gasteiger partial charge in [0.2, 0.25) is 0 Å². The molecule has 0 radical (unpaired) electrons. The van der Waals surface area contributed by atoms with Crippen molar-refractivity contribution in [1.82, 2.24) is 4.90 Å². The highest BCUT2D eigenvalue weighted by Gasteiger charge is 1.96. The summed E-state index contributed by atoms with van der Waals surface area (Å²) in [5, 5.41) is 0. The van der Waals surface area contributed by atoms with Crippen LogP contribution in [0.1, 0.15) is 31.9 Å². The zero-order valence-electron chi connectivity index (χ0n) is 10.6. The van der Waals surface area contributed by atoms with Gasteiger partial charge in [0.1, 0.15) is 0 Å². The molecule has 0 aliphatic rings. The number of hydrogen-bond acceptors (Lipinski definition) is 1. The minimum absolute atomic E-state index is 0.866. The van der Waals surface area contributed by atoms with Crippen molar-refractivity contribution in [2.45, 2.75) is 27.2 Å². The van der Waals surface area contributed by atoms with E-state index in [9.17, 15) is 0 Å². The van der Waals surface area contributed by atoms with Gasteiger partial charge in [0.15, 0.2) is 0 Å². The van der Waals surface area contributed by atoms with Crippen LogP contribution in [0.3, 0.4) is 0 Å². The van der Waals surface area contributed by atoms with E-state index in [0.717, 1.165) is 26.1 Å². The molecule has 0 fully saturated rings. The standard InChI is InChI=1S/C15H21N/c1-4-14-10-7-8-11-15(14)12-9-13-16(5-2)6-3/h7-8,10-11H,4-6,13H2,1-3H3. The van der Waals surface area contributed by atoms with Gasteiger partial charge < -0.3 is 0 Å². The Morgan fingerprint density at radius 3 is 2.38 bits per heavy atom. The van der Waals surface area contributed by atoms with E-state index in [1.165, 1.54) is 11.1 Å². The largest absolute Gasteiger partial charge is 0.293 e. The second kappa shape index (κ2) is 7.09. The molecule has 0 aliphatic carbocycles. The van der Waals surface area contributed by atoms with Crippen LogP contribution in [0.5, 0.6) is 0 Å². The van der Waals surface area contributed by atoms with Crippen molar-refractivity contribution in [2.24, 2.45) is 0 Å².